The van der Waals surface area contributed by atoms with Gasteiger partial charge >= 0.3 is 0 Å². The van der Waals surface area contributed by atoms with Crippen LogP contribution in [0, 0.1) is 0 Å². The van der Waals surface area contributed by atoms with Gasteiger partial charge in [-0.05, 0) is 46.9 Å². The SMILES string of the molecule is CNCc1cc(Cl)cc(Cl)c1OC(C)C(=O)NC(C)(C)C. The summed E-state index contributed by atoms with van der Waals surface area (Å²) >= 11 is 12.2. The van der Waals surface area contributed by atoms with E-state index in [2.05, 4.69) is 10.6 Å². The van der Waals surface area contributed by atoms with E-state index in [1.807, 2.05) is 27.8 Å². The highest BCUT2D eigenvalue weighted by molar-refractivity contribution is 6.35. The lowest BCUT2D eigenvalue weighted by atomic mass is 10.1. The van der Waals surface area contributed by atoms with E-state index in [4.69, 9.17) is 27.9 Å². The number of carbonyl (C=O) groups is 1. The largest absolute Gasteiger partial charge is 0.479 e. The smallest absolute Gasteiger partial charge is 0.261 e. The number of rotatable bonds is 5. The summed E-state index contributed by atoms with van der Waals surface area (Å²) in [5.74, 6) is 0.288. The molecule has 1 unspecified atom stereocenters. The minimum atomic E-state index is -0.654. The van der Waals surface area contributed by atoms with Crippen molar-refractivity contribution in [2.75, 3.05) is 7.05 Å². The first-order valence-corrected chi connectivity index (χ1v) is 7.51. The average molecular weight is 333 g/mol. The second-order valence-corrected chi connectivity index (χ2v) is 6.75. The number of halogens is 2. The molecule has 118 valence electrons. The number of hydrogen-bond donors (Lipinski definition) is 2. The Morgan fingerprint density at radius 1 is 1.33 bits per heavy atom. The van der Waals surface area contributed by atoms with Gasteiger partial charge in [-0.2, -0.15) is 0 Å². The van der Waals surface area contributed by atoms with Crippen molar-refractivity contribution in [3.63, 3.8) is 0 Å². The van der Waals surface area contributed by atoms with Crippen molar-refractivity contribution in [1.82, 2.24) is 10.6 Å². The third-order valence-electron chi connectivity index (χ3n) is 2.61. The van der Waals surface area contributed by atoms with Gasteiger partial charge in [-0.1, -0.05) is 23.2 Å². The molecule has 1 amide bonds. The molecule has 0 aliphatic rings. The monoisotopic (exact) mass is 332 g/mol. The van der Waals surface area contributed by atoms with Gasteiger partial charge in [-0.3, -0.25) is 4.79 Å². The Hall–Kier alpha value is -0.970. The van der Waals surface area contributed by atoms with E-state index in [0.717, 1.165) is 5.56 Å². The fraction of sp³-hybridized carbons (Fsp3) is 0.533. The third kappa shape index (κ3) is 5.73. The Bertz CT molecular complexity index is 513. The van der Waals surface area contributed by atoms with Crippen LogP contribution in [-0.4, -0.2) is 24.6 Å². The van der Waals surface area contributed by atoms with Crippen LogP contribution in [0.2, 0.25) is 10.0 Å². The van der Waals surface area contributed by atoms with Crippen LogP contribution < -0.4 is 15.4 Å². The lowest BCUT2D eigenvalue weighted by molar-refractivity contribution is -0.128. The van der Waals surface area contributed by atoms with Crippen LogP contribution in [0.15, 0.2) is 12.1 Å². The van der Waals surface area contributed by atoms with E-state index in [9.17, 15) is 4.79 Å². The molecular weight excluding hydrogens is 311 g/mol. The molecule has 0 radical (unpaired) electrons. The maximum absolute atomic E-state index is 12.1. The van der Waals surface area contributed by atoms with Gasteiger partial charge in [0.1, 0.15) is 5.75 Å². The van der Waals surface area contributed by atoms with Crippen LogP contribution >= 0.6 is 23.2 Å². The molecule has 0 bridgehead atoms. The molecule has 0 spiro atoms. The van der Waals surface area contributed by atoms with Crippen LogP contribution in [0.25, 0.3) is 0 Å². The Morgan fingerprint density at radius 2 is 1.95 bits per heavy atom. The molecule has 1 atom stereocenters. The zero-order chi connectivity index (χ0) is 16.2. The molecule has 1 rings (SSSR count). The number of ether oxygens (including phenoxy) is 1. The number of amides is 1. The maximum Gasteiger partial charge on any atom is 0.261 e. The predicted octanol–water partition coefficient (Wildman–Crippen LogP) is 3.39. The summed E-state index contributed by atoms with van der Waals surface area (Å²) in [7, 11) is 1.81. The molecule has 1 aromatic carbocycles. The van der Waals surface area contributed by atoms with Crippen molar-refractivity contribution in [1.29, 1.82) is 0 Å². The summed E-state index contributed by atoms with van der Waals surface area (Å²) in [6.07, 6.45) is -0.654. The zero-order valence-corrected chi connectivity index (χ0v) is 14.5. The van der Waals surface area contributed by atoms with E-state index < -0.39 is 6.10 Å². The molecule has 0 heterocycles. The molecule has 0 aliphatic carbocycles. The molecular formula is C15H22Cl2N2O2. The van der Waals surface area contributed by atoms with E-state index in [-0.39, 0.29) is 11.4 Å². The highest BCUT2D eigenvalue weighted by Crippen LogP contribution is 2.33. The molecule has 21 heavy (non-hydrogen) atoms. The molecule has 0 fully saturated rings. The Labute approximate surface area is 136 Å². The van der Waals surface area contributed by atoms with Gasteiger partial charge in [0.15, 0.2) is 6.10 Å². The van der Waals surface area contributed by atoms with Gasteiger partial charge < -0.3 is 15.4 Å². The fourth-order valence-electron chi connectivity index (χ4n) is 1.77. The summed E-state index contributed by atoms with van der Waals surface area (Å²) in [4.78, 5) is 12.1. The summed E-state index contributed by atoms with van der Waals surface area (Å²) in [5, 5.41) is 6.82. The molecule has 0 saturated carbocycles. The highest BCUT2D eigenvalue weighted by Gasteiger charge is 2.22. The van der Waals surface area contributed by atoms with Gasteiger partial charge in [0.25, 0.3) is 5.91 Å². The molecule has 6 heteroatoms. The first kappa shape index (κ1) is 18.1. The maximum atomic E-state index is 12.1. The summed E-state index contributed by atoms with van der Waals surface area (Å²) < 4.78 is 5.75. The van der Waals surface area contributed by atoms with Gasteiger partial charge in [0, 0.05) is 22.7 Å². The summed E-state index contributed by atoms with van der Waals surface area (Å²) in [6, 6.07) is 3.37. The molecule has 4 nitrogen and oxygen atoms in total. The lowest BCUT2D eigenvalue weighted by Gasteiger charge is -2.24. The second-order valence-electron chi connectivity index (χ2n) is 5.91. The molecule has 1 aromatic rings. The summed E-state index contributed by atoms with van der Waals surface area (Å²) in [5.41, 5.74) is 0.497. The Balaban J connectivity index is 2.94. The second kappa shape index (κ2) is 7.34. The Kier molecular flexibility index (Phi) is 6.32. The van der Waals surface area contributed by atoms with Crippen LogP contribution in [0.5, 0.6) is 5.75 Å². The van der Waals surface area contributed by atoms with E-state index in [1.54, 1.807) is 19.1 Å². The van der Waals surface area contributed by atoms with Crippen molar-refractivity contribution in [3.05, 3.63) is 27.7 Å². The first-order chi connectivity index (χ1) is 9.64. The third-order valence-corrected chi connectivity index (χ3v) is 3.11. The van der Waals surface area contributed by atoms with Gasteiger partial charge in [0.05, 0.1) is 5.02 Å². The van der Waals surface area contributed by atoms with Gasteiger partial charge in [0.2, 0.25) is 0 Å². The van der Waals surface area contributed by atoms with Gasteiger partial charge in [-0.15, -0.1) is 0 Å². The molecule has 0 aromatic heterocycles. The molecule has 0 saturated heterocycles. The van der Waals surface area contributed by atoms with Crippen LogP contribution in [0.3, 0.4) is 0 Å². The fourth-order valence-corrected chi connectivity index (χ4v) is 2.35. The number of carbonyl (C=O) groups excluding carboxylic acids is 1. The van der Waals surface area contributed by atoms with Crippen molar-refractivity contribution in [2.45, 2.75) is 45.9 Å². The van der Waals surface area contributed by atoms with E-state index >= 15 is 0 Å². The first-order valence-electron chi connectivity index (χ1n) is 6.75. The minimum Gasteiger partial charge on any atom is -0.479 e. The molecule has 2 N–H and O–H groups in total. The lowest BCUT2D eigenvalue weighted by Crippen LogP contribution is -2.46. The topological polar surface area (TPSA) is 50.4 Å². The average Bonchev–Trinajstić information content (AvgIpc) is 2.31. The van der Waals surface area contributed by atoms with Crippen molar-refractivity contribution < 1.29 is 9.53 Å². The van der Waals surface area contributed by atoms with Crippen molar-refractivity contribution in [2.24, 2.45) is 0 Å². The van der Waals surface area contributed by atoms with Gasteiger partial charge in [-0.25, -0.2) is 0 Å². The standard InChI is InChI=1S/C15H22Cl2N2O2/c1-9(14(20)19-15(2,3)4)21-13-10(8-18-5)6-11(16)7-12(13)17/h6-7,9,18H,8H2,1-5H3,(H,19,20). The highest BCUT2D eigenvalue weighted by atomic mass is 35.5. The molecule has 0 aliphatic heterocycles. The van der Waals surface area contributed by atoms with Crippen molar-refractivity contribution in [3.8, 4) is 5.75 Å². The van der Waals surface area contributed by atoms with Crippen LogP contribution in [-0.2, 0) is 11.3 Å². The number of hydrogen-bond acceptors (Lipinski definition) is 3. The number of nitrogens with one attached hydrogen (secondary N) is 2. The van der Waals surface area contributed by atoms with Crippen LogP contribution in [0.4, 0.5) is 0 Å². The normalized spacial score (nSPS) is 12.9. The number of benzene rings is 1. The zero-order valence-electron chi connectivity index (χ0n) is 13.0. The summed E-state index contributed by atoms with van der Waals surface area (Å²) in [6.45, 7) is 7.98. The predicted molar refractivity (Wildman–Crippen MR) is 87.2 cm³/mol. The van der Waals surface area contributed by atoms with Crippen molar-refractivity contribution >= 4 is 29.1 Å². The minimum absolute atomic E-state index is 0.191. The van der Waals surface area contributed by atoms with E-state index in [1.165, 1.54) is 0 Å². The quantitative estimate of drug-likeness (QED) is 0.868. The van der Waals surface area contributed by atoms with Crippen LogP contribution in [0.1, 0.15) is 33.3 Å². The Morgan fingerprint density at radius 3 is 2.48 bits per heavy atom. The van der Waals surface area contributed by atoms with E-state index in [0.29, 0.717) is 22.3 Å².